The number of H-pyrrole nitrogens is 1. The Balaban J connectivity index is 1.50. The summed E-state index contributed by atoms with van der Waals surface area (Å²) in [5, 5.41) is 18.1. The molecule has 3 saturated carbocycles. The van der Waals surface area contributed by atoms with Crippen LogP contribution in [0.5, 0.6) is 0 Å². The first-order valence-corrected chi connectivity index (χ1v) is 9.71. The fraction of sp³-hybridized carbons (Fsp3) is 0.850. The smallest absolute Gasteiger partial charge is 0.0596 e. The van der Waals surface area contributed by atoms with Crippen molar-refractivity contribution in [3.05, 3.63) is 17.5 Å². The van der Waals surface area contributed by atoms with Gasteiger partial charge in [0, 0.05) is 5.69 Å². The van der Waals surface area contributed by atoms with Gasteiger partial charge in [0.15, 0.2) is 0 Å². The second-order valence-electron chi connectivity index (χ2n) is 9.55. The second-order valence-corrected chi connectivity index (χ2v) is 9.55. The number of hydrogen-bond donors (Lipinski definition) is 2. The summed E-state index contributed by atoms with van der Waals surface area (Å²) in [6, 6.07) is 0. The predicted octanol–water partition coefficient (Wildman–Crippen LogP) is 3.73. The van der Waals surface area contributed by atoms with Crippen LogP contribution in [0, 0.1) is 34.5 Å². The molecule has 126 valence electrons. The van der Waals surface area contributed by atoms with E-state index < -0.39 is 0 Å². The van der Waals surface area contributed by atoms with E-state index in [1.54, 1.807) is 0 Å². The molecule has 0 saturated heterocycles. The molecule has 7 atom stereocenters. The monoisotopic (exact) mass is 314 g/mol. The number of nitrogens with one attached hydrogen (secondary N) is 1. The number of rotatable bonds is 0. The summed E-state index contributed by atoms with van der Waals surface area (Å²) >= 11 is 0. The van der Waals surface area contributed by atoms with Gasteiger partial charge in [-0.25, -0.2) is 0 Å². The van der Waals surface area contributed by atoms with E-state index in [1.807, 2.05) is 0 Å². The van der Waals surface area contributed by atoms with Gasteiger partial charge in [-0.3, -0.25) is 5.10 Å². The van der Waals surface area contributed by atoms with E-state index in [0.717, 1.165) is 30.1 Å². The number of aromatic amines is 1. The molecule has 1 aromatic rings. The minimum atomic E-state index is -0.0502. The van der Waals surface area contributed by atoms with Gasteiger partial charge in [0.05, 0.1) is 12.3 Å². The molecular weight excluding hydrogens is 284 g/mol. The van der Waals surface area contributed by atoms with Gasteiger partial charge >= 0.3 is 0 Å². The molecule has 2 N–H and O–H groups in total. The molecule has 0 amide bonds. The molecule has 1 heterocycles. The van der Waals surface area contributed by atoms with Crippen molar-refractivity contribution in [2.24, 2.45) is 34.5 Å². The summed E-state index contributed by atoms with van der Waals surface area (Å²) in [6.07, 6.45) is 12.1. The van der Waals surface area contributed by atoms with E-state index in [4.69, 9.17) is 0 Å². The van der Waals surface area contributed by atoms with Crippen molar-refractivity contribution in [3.8, 4) is 0 Å². The summed E-state index contributed by atoms with van der Waals surface area (Å²) in [6.45, 7) is 4.97. The van der Waals surface area contributed by atoms with Gasteiger partial charge in [0.25, 0.3) is 0 Å². The van der Waals surface area contributed by atoms with Gasteiger partial charge in [0.2, 0.25) is 0 Å². The van der Waals surface area contributed by atoms with E-state index in [2.05, 4.69) is 30.2 Å². The lowest BCUT2D eigenvalue weighted by Gasteiger charge is -2.60. The second kappa shape index (κ2) is 4.62. The van der Waals surface area contributed by atoms with Crippen molar-refractivity contribution in [2.45, 2.75) is 71.3 Å². The molecule has 4 aliphatic carbocycles. The average molecular weight is 314 g/mol. The Bertz CT molecular complexity index is 625. The van der Waals surface area contributed by atoms with Gasteiger partial charge in [-0.05, 0) is 91.4 Å². The van der Waals surface area contributed by atoms with Crippen LogP contribution in [0.25, 0.3) is 0 Å². The third kappa shape index (κ3) is 1.78. The number of aromatic nitrogens is 2. The third-order valence-electron chi connectivity index (χ3n) is 8.84. The first kappa shape index (κ1) is 14.5. The molecular formula is C20H30N2O. The highest BCUT2D eigenvalue weighted by Crippen LogP contribution is 2.65. The molecule has 0 aliphatic heterocycles. The van der Waals surface area contributed by atoms with Crippen LogP contribution >= 0.6 is 0 Å². The van der Waals surface area contributed by atoms with Crippen LogP contribution in [0.4, 0.5) is 0 Å². The molecule has 3 heteroatoms. The fourth-order valence-electron chi connectivity index (χ4n) is 7.44. The predicted molar refractivity (Wildman–Crippen MR) is 89.9 cm³/mol. The van der Waals surface area contributed by atoms with E-state index in [1.165, 1.54) is 56.2 Å². The standard InChI is InChI=1S/C20H30N2O/c1-19-8-7-16-14(15(19)5-6-18(19)23)4-3-13-9-17-12(11-21-22-17)10-20(13,16)2/h11,13-16,18,23H,3-10H2,1-2H3,(H,21,22)/t13?,14-,15?,16?,18-,19-,20-/m0/s1. The van der Waals surface area contributed by atoms with Crippen LogP contribution < -0.4 is 0 Å². The number of fused-ring (bicyclic) bond motifs is 6. The molecule has 3 fully saturated rings. The van der Waals surface area contributed by atoms with E-state index in [9.17, 15) is 5.11 Å². The Hall–Kier alpha value is -0.830. The third-order valence-corrected chi connectivity index (χ3v) is 8.84. The van der Waals surface area contributed by atoms with Gasteiger partial charge in [0.1, 0.15) is 0 Å². The Labute approximate surface area is 139 Å². The van der Waals surface area contributed by atoms with Crippen molar-refractivity contribution in [2.75, 3.05) is 0 Å². The van der Waals surface area contributed by atoms with Gasteiger partial charge in [-0.1, -0.05) is 13.8 Å². The summed E-state index contributed by atoms with van der Waals surface area (Å²) in [4.78, 5) is 0. The van der Waals surface area contributed by atoms with E-state index >= 15 is 0 Å². The topological polar surface area (TPSA) is 48.9 Å². The normalized spacial score (nSPS) is 51.5. The molecule has 4 aliphatic rings. The molecule has 3 nitrogen and oxygen atoms in total. The maximum absolute atomic E-state index is 10.6. The highest BCUT2D eigenvalue weighted by Gasteiger charge is 2.60. The molecule has 3 unspecified atom stereocenters. The Morgan fingerprint density at radius 3 is 2.78 bits per heavy atom. The molecule has 1 aromatic heterocycles. The first-order chi connectivity index (χ1) is 11.0. The highest BCUT2D eigenvalue weighted by molar-refractivity contribution is 5.25. The molecule has 5 rings (SSSR count). The zero-order valence-corrected chi connectivity index (χ0v) is 14.5. The SMILES string of the molecule is C[C@]12Cc3cn[nH]c3CC1CC[C@@H]1C2CC[C@@]2(C)C1CC[C@@H]2O. The quantitative estimate of drug-likeness (QED) is 0.766. The van der Waals surface area contributed by atoms with Crippen LogP contribution in [0.1, 0.15) is 63.6 Å². The van der Waals surface area contributed by atoms with Crippen molar-refractivity contribution >= 4 is 0 Å². The van der Waals surface area contributed by atoms with Crippen molar-refractivity contribution in [1.82, 2.24) is 10.2 Å². The molecule has 0 bridgehead atoms. The lowest BCUT2D eigenvalue weighted by atomic mass is 9.45. The zero-order chi connectivity index (χ0) is 15.8. The van der Waals surface area contributed by atoms with E-state index in [0.29, 0.717) is 5.41 Å². The lowest BCUT2D eigenvalue weighted by Crippen LogP contribution is -2.54. The van der Waals surface area contributed by atoms with Crippen LogP contribution in [0.3, 0.4) is 0 Å². The van der Waals surface area contributed by atoms with Crippen molar-refractivity contribution in [1.29, 1.82) is 0 Å². The largest absolute Gasteiger partial charge is 0.393 e. The Morgan fingerprint density at radius 1 is 1.09 bits per heavy atom. The number of aliphatic hydroxyl groups is 1. The summed E-state index contributed by atoms with van der Waals surface area (Å²) in [7, 11) is 0. The van der Waals surface area contributed by atoms with Crippen molar-refractivity contribution < 1.29 is 5.11 Å². The maximum atomic E-state index is 10.6. The van der Waals surface area contributed by atoms with Crippen LogP contribution in [0.15, 0.2) is 6.20 Å². The number of aliphatic hydroxyl groups excluding tert-OH is 1. The highest BCUT2D eigenvalue weighted by atomic mass is 16.3. The minimum absolute atomic E-state index is 0.0502. The van der Waals surface area contributed by atoms with Crippen molar-refractivity contribution in [3.63, 3.8) is 0 Å². The zero-order valence-electron chi connectivity index (χ0n) is 14.5. The Kier molecular flexibility index (Phi) is 2.92. The summed E-state index contributed by atoms with van der Waals surface area (Å²) < 4.78 is 0. The minimum Gasteiger partial charge on any atom is -0.393 e. The van der Waals surface area contributed by atoms with E-state index in [-0.39, 0.29) is 11.5 Å². The summed E-state index contributed by atoms with van der Waals surface area (Å²) in [5.74, 6) is 3.29. The molecule has 0 spiro atoms. The van der Waals surface area contributed by atoms with Crippen LogP contribution in [-0.4, -0.2) is 21.4 Å². The fourth-order valence-corrected chi connectivity index (χ4v) is 7.44. The molecule has 23 heavy (non-hydrogen) atoms. The molecule has 0 radical (unpaired) electrons. The average Bonchev–Trinajstić information content (AvgIpc) is 3.08. The first-order valence-electron chi connectivity index (χ1n) is 9.71. The lowest BCUT2D eigenvalue weighted by molar-refractivity contribution is -0.111. The van der Waals surface area contributed by atoms with Gasteiger partial charge in [-0.2, -0.15) is 5.10 Å². The number of hydrogen-bond acceptors (Lipinski definition) is 2. The van der Waals surface area contributed by atoms with Gasteiger partial charge in [-0.15, -0.1) is 0 Å². The summed E-state index contributed by atoms with van der Waals surface area (Å²) in [5.41, 5.74) is 3.54. The number of nitrogens with zero attached hydrogens (tertiary/aromatic N) is 1. The molecule has 0 aromatic carbocycles. The van der Waals surface area contributed by atoms with Gasteiger partial charge < -0.3 is 5.11 Å². The van der Waals surface area contributed by atoms with Crippen LogP contribution in [-0.2, 0) is 12.8 Å². The maximum Gasteiger partial charge on any atom is 0.0596 e. The van der Waals surface area contributed by atoms with Crippen LogP contribution in [0.2, 0.25) is 0 Å². The Morgan fingerprint density at radius 2 is 1.91 bits per heavy atom.